The summed E-state index contributed by atoms with van der Waals surface area (Å²) in [5.41, 5.74) is 8.03. The van der Waals surface area contributed by atoms with Crippen LogP contribution in [0.3, 0.4) is 0 Å². The smallest absolute Gasteiger partial charge is 0.141 e. The zero-order chi connectivity index (χ0) is 13.1. The van der Waals surface area contributed by atoms with Gasteiger partial charge in [0.25, 0.3) is 0 Å². The van der Waals surface area contributed by atoms with Crippen molar-refractivity contribution < 1.29 is 4.39 Å². The van der Waals surface area contributed by atoms with Crippen LogP contribution in [0.2, 0.25) is 5.02 Å². The largest absolute Gasteiger partial charge is 0.327 e. The first kappa shape index (κ1) is 13.5. The summed E-state index contributed by atoms with van der Waals surface area (Å²) in [6.07, 6.45) is 1.39. The molecule has 0 amide bonds. The predicted octanol–water partition coefficient (Wildman–Crippen LogP) is 3.36. The van der Waals surface area contributed by atoms with Gasteiger partial charge in [0.1, 0.15) is 5.82 Å². The van der Waals surface area contributed by atoms with E-state index in [2.05, 4.69) is 4.98 Å². The fourth-order valence-electron chi connectivity index (χ4n) is 1.76. The van der Waals surface area contributed by atoms with Crippen molar-refractivity contribution in [2.45, 2.75) is 25.8 Å². The maximum Gasteiger partial charge on any atom is 0.141 e. The fourth-order valence-corrected chi connectivity index (χ4v) is 2.83. The first-order valence-corrected chi connectivity index (χ1v) is 6.91. The molecule has 0 aliphatic heterocycles. The summed E-state index contributed by atoms with van der Waals surface area (Å²) in [6.45, 7) is 1.96. The molecule has 1 heterocycles. The average molecular weight is 285 g/mol. The van der Waals surface area contributed by atoms with Crippen LogP contribution >= 0.6 is 22.9 Å². The van der Waals surface area contributed by atoms with Crippen LogP contribution in [0.25, 0.3) is 0 Å². The van der Waals surface area contributed by atoms with Gasteiger partial charge in [-0.2, -0.15) is 0 Å². The van der Waals surface area contributed by atoms with Gasteiger partial charge in [-0.3, -0.25) is 0 Å². The van der Waals surface area contributed by atoms with Crippen LogP contribution in [-0.2, 0) is 12.8 Å². The highest BCUT2D eigenvalue weighted by Gasteiger charge is 2.09. The molecular weight excluding hydrogens is 271 g/mol. The number of aryl methyl sites for hydroxylation is 1. The lowest BCUT2D eigenvalue weighted by Gasteiger charge is -2.10. The van der Waals surface area contributed by atoms with Crippen molar-refractivity contribution in [2.24, 2.45) is 5.73 Å². The van der Waals surface area contributed by atoms with Gasteiger partial charge >= 0.3 is 0 Å². The highest BCUT2D eigenvalue weighted by molar-refractivity contribution is 7.09. The van der Waals surface area contributed by atoms with Crippen LogP contribution in [0.5, 0.6) is 0 Å². The number of hydrogen-bond donors (Lipinski definition) is 1. The molecule has 1 atom stereocenters. The van der Waals surface area contributed by atoms with E-state index in [0.717, 1.165) is 22.7 Å². The number of rotatable bonds is 4. The first-order valence-electron chi connectivity index (χ1n) is 5.65. The van der Waals surface area contributed by atoms with E-state index in [0.29, 0.717) is 6.42 Å². The van der Waals surface area contributed by atoms with Crippen LogP contribution in [0.1, 0.15) is 16.3 Å². The number of nitrogens with zero attached hydrogens (tertiary/aromatic N) is 1. The summed E-state index contributed by atoms with van der Waals surface area (Å²) in [6, 6.07) is 4.69. The van der Waals surface area contributed by atoms with Crippen LogP contribution in [0.15, 0.2) is 23.6 Å². The normalized spacial score (nSPS) is 12.7. The highest BCUT2D eigenvalue weighted by Crippen LogP contribution is 2.18. The van der Waals surface area contributed by atoms with Crippen molar-refractivity contribution in [1.29, 1.82) is 0 Å². The molecule has 2 N–H and O–H groups in total. The van der Waals surface area contributed by atoms with E-state index in [4.69, 9.17) is 17.3 Å². The van der Waals surface area contributed by atoms with Gasteiger partial charge in [0, 0.05) is 23.5 Å². The Morgan fingerprint density at radius 1 is 1.44 bits per heavy atom. The van der Waals surface area contributed by atoms with E-state index in [9.17, 15) is 4.39 Å². The molecule has 96 valence electrons. The zero-order valence-corrected chi connectivity index (χ0v) is 11.6. The molecular formula is C13H14ClFN2S. The van der Waals surface area contributed by atoms with Crippen molar-refractivity contribution in [2.75, 3.05) is 0 Å². The maximum absolute atomic E-state index is 13.0. The Kier molecular flexibility index (Phi) is 4.32. The van der Waals surface area contributed by atoms with Crippen LogP contribution in [0, 0.1) is 12.7 Å². The van der Waals surface area contributed by atoms with Crippen molar-refractivity contribution in [1.82, 2.24) is 4.98 Å². The van der Waals surface area contributed by atoms with E-state index >= 15 is 0 Å². The Hall–Kier alpha value is -0.970. The Morgan fingerprint density at radius 2 is 2.22 bits per heavy atom. The average Bonchev–Trinajstić information content (AvgIpc) is 2.69. The molecule has 0 aliphatic rings. The first-order chi connectivity index (χ1) is 8.54. The number of thiazole rings is 1. The minimum Gasteiger partial charge on any atom is -0.327 e. The summed E-state index contributed by atoms with van der Waals surface area (Å²) in [5, 5.41) is 3.19. The molecule has 5 heteroatoms. The quantitative estimate of drug-likeness (QED) is 0.935. The van der Waals surface area contributed by atoms with E-state index < -0.39 is 5.82 Å². The Morgan fingerprint density at radius 3 is 2.83 bits per heavy atom. The Balaban J connectivity index is 1.98. The minimum absolute atomic E-state index is 0.0305. The number of hydrogen-bond acceptors (Lipinski definition) is 3. The number of nitrogens with two attached hydrogens (primary N) is 1. The molecule has 1 unspecified atom stereocenters. The van der Waals surface area contributed by atoms with E-state index in [1.807, 2.05) is 12.3 Å². The van der Waals surface area contributed by atoms with Crippen LogP contribution in [0.4, 0.5) is 4.39 Å². The van der Waals surface area contributed by atoms with E-state index in [1.54, 1.807) is 23.5 Å². The van der Waals surface area contributed by atoms with Crippen LogP contribution in [-0.4, -0.2) is 11.0 Å². The van der Waals surface area contributed by atoms with Crippen molar-refractivity contribution in [3.63, 3.8) is 0 Å². The highest BCUT2D eigenvalue weighted by atomic mass is 35.5. The SMILES string of the molecule is Cc1csc(CC(N)Cc2ccc(F)c(Cl)c2)n1. The van der Waals surface area contributed by atoms with Crippen molar-refractivity contribution in [3.8, 4) is 0 Å². The van der Waals surface area contributed by atoms with Gasteiger partial charge in [-0.15, -0.1) is 11.3 Å². The molecule has 0 radical (unpaired) electrons. The predicted molar refractivity (Wildman–Crippen MR) is 73.6 cm³/mol. The number of aromatic nitrogens is 1. The van der Waals surface area contributed by atoms with Gasteiger partial charge in [-0.05, 0) is 31.0 Å². The molecule has 0 saturated carbocycles. The monoisotopic (exact) mass is 284 g/mol. The van der Waals surface area contributed by atoms with Crippen molar-refractivity contribution >= 4 is 22.9 Å². The third-order valence-electron chi connectivity index (χ3n) is 2.59. The summed E-state index contributed by atoms with van der Waals surface area (Å²) in [4.78, 5) is 4.38. The molecule has 0 aliphatic carbocycles. The fraction of sp³-hybridized carbons (Fsp3) is 0.308. The summed E-state index contributed by atoms with van der Waals surface area (Å²) >= 11 is 7.35. The molecule has 2 nitrogen and oxygen atoms in total. The number of benzene rings is 1. The van der Waals surface area contributed by atoms with Gasteiger partial charge in [0.15, 0.2) is 0 Å². The third-order valence-corrected chi connectivity index (χ3v) is 3.86. The third kappa shape index (κ3) is 3.51. The van der Waals surface area contributed by atoms with E-state index in [-0.39, 0.29) is 11.1 Å². The second kappa shape index (κ2) is 5.78. The van der Waals surface area contributed by atoms with Gasteiger partial charge in [-0.1, -0.05) is 17.7 Å². The van der Waals surface area contributed by atoms with Gasteiger partial charge in [0.2, 0.25) is 0 Å². The van der Waals surface area contributed by atoms with Gasteiger partial charge in [-0.25, -0.2) is 9.37 Å². The van der Waals surface area contributed by atoms with Crippen molar-refractivity contribution in [3.05, 3.63) is 50.7 Å². The number of halogens is 2. The second-order valence-corrected chi connectivity index (χ2v) is 5.65. The second-order valence-electron chi connectivity index (χ2n) is 4.30. The Bertz CT molecular complexity index is 542. The molecule has 18 heavy (non-hydrogen) atoms. The van der Waals surface area contributed by atoms with Crippen LogP contribution < -0.4 is 5.73 Å². The summed E-state index contributed by atoms with van der Waals surface area (Å²) in [7, 11) is 0. The molecule has 1 aromatic carbocycles. The Labute approximate surface area is 115 Å². The zero-order valence-electron chi connectivity index (χ0n) is 9.99. The summed E-state index contributed by atoms with van der Waals surface area (Å²) < 4.78 is 13.0. The topological polar surface area (TPSA) is 38.9 Å². The lowest BCUT2D eigenvalue weighted by atomic mass is 10.0. The summed E-state index contributed by atoms with van der Waals surface area (Å²) in [5.74, 6) is -0.399. The minimum atomic E-state index is -0.399. The molecule has 2 aromatic rings. The molecule has 2 rings (SSSR count). The molecule has 1 aromatic heterocycles. The molecule has 0 bridgehead atoms. The van der Waals surface area contributed by atoms with Gasteiger partial charge < -0.3 is 5.73 Å². The molecule has 0 saturated heterocycles. The maximum atomic E-state index is 13.0. The van der Waals surface area contributed by atoms with Gasteiger partial charge in [0.05, 0.1) is 10.0 Å². The standard InChI is InChI=1S/C13H14ClFN2S/c1-8-7-18-13(17-8)6-10(16)4-9-2-3-12(15)11(14)5-9/h2-3,5,7,10H,4,6,16H2,1H3. The lowest BCUT2D eigenvalue weighted by Crippen LogP contribution is -2.25. The molecule has 0 spiro atoms. The molecule has 0 fully saturated rings. The van der Waals surface area contributed by atoms with E-state index in [1.165, 1.54) is 6.07 Å². The lowest BCUT2D eigenvalue weighted by molar-refractivity contribution is 0.624.